The Hall–Kier alpha value is -2.39. The summed E-state index contributed by atoms with van der Waals surface area (Å²) < 4.78 is 5.38. The Morgan fingerprint density at radius 2 is 1.45 bits per heavy atom. The van der Waals surface area contributed by atoms with Crippen molar-refractivity contribution in [3.8, 4) is 0 Å². The third kappa shape index (κ3) is 2.44. The van der Waals surface area contributed by atoms with E-state index in [0.29, 0.717) is 0 Å². The first kappa shape index (κ1) is 13.3. The maximum atomic E-state index is 5.38. The molecule has 0 unspecified atom stereocenters. The van der Waals surface area contributed by atoms with Crippen LogP contribution >= 0.6 is 0 Å². The number of hydrogen-bond donors (Lipinski definition) is 0. The predicted octanol–water partition coefficient (Wildman–Crippen LogP) is 3.66. The zero-order valence-corrected chi connectivity index (χ0v) is 12.4. The van der Waals surface area contributed by atoms with Gasteiger partial charge in [0.2, 0.25) is 0 Å². The fraction of sp³-hybridized carbons (Fsp3) is 0.211. The van der Waals surface area contributed by atoms with Crippen LogP contribution < -0.4 is 0 Å². The number of morpholine rings is 1. The van der Waals surface area contributed by atoms with Gasteiger partial charge >= 0.3 is 0 Å². The van der Waals surface area contributed by atoms with Gasteiger partial charge in [-0.15, -0.1) is 0 Å². The molecule has 0 aliphatic carbocycles. The molecule has 1 aliphatic rings. The second-order valence-electron chi connectivity index (χ2n) is 5.54. The molecule has 1 fully saturated rings. The number of ether oxygens (including phenoxy) is 1. The molecule has 0 saturated carbocycles. The summed E-state index contributed by atoms with van der Waals surface area (Å²) in [5.41, 5.74) is 1.19. The van der Waals surface area contributed by atoms with Gasteiger partial charge in [-0.2, -0.15) is 5.10 Å². The summed E-state index contributed by atoms with van der Waals surface area (Å²) in [5, 5.41) is 11.8. The molecule has 0 amide bonds. The van der Waals surface area contributed by atoms with Gasteiger partial charge in [-0.05, 0) is 27.6 Å². The average Bonchev–Trinajstić information content (AvgIpc) is 2.59. The highest BCUT2D eigenvalue weighted by atomic mass is 16.5. The summed E-state index contributed by atoms with van der Waals surface area (Å²) in [6.45, 7) is 3.24. The Kier molecular flexibility index (Phi) is 3.49. The second-order valence-corrected chi connectivity index (χ2v) is 5.54. The van der Waals surface area contributed by atoms with Gasteiger partial charge in [0.1, 0.15) is 0 Å². The van der Waals surface area contributed by atoms with Crippen LogP contribution in [-0.4, -0.2) is 37.5 Å². The fourth-order valence-electron chi connectivity index (χ4n) is 3.00. The summed E-state index contributed by atoms with van der Waals surface area (Å²) in [4.78, 5) is 0. The van der Waals surface area contributed by atoms with Crippen LogP contribution in [-0.2, 0) is 4.74 Å². The minimum absolute atomic E-state index is 0.758. The molecule has 0 radical (unpaired) electrons. The molecule has 0 atom stereocenters. The van der Waals surface area contributed by atoms with E-state index in [0.717, 1.165) is 26.3 Å². The van der Waals surface area contributed by atoms with Gasteiger partial charge in [-0.1, -0.05) is 48.5 Å². The van der Waals surface area contributed by atoms with Crippen molar-refractivity contribution in [1.29, 1.82) is 0 Å². The predicted molar refractivity (Wildman–Crippen MR) is 91.4 cm³/mol. The Balaban J connectivity index is 1.86. The third-order valence-corrected chi connectivity index (χ3v) is 4.15. The molecule has 0 bridgehead atoms. The van der Waals surface area contributed by atoms with Gasteiger partial charge in [0.15, 0.2) is 0 Å². The van der Waals surface area contributed by atoms with E-state index in [-0.39, 0.29) is 0 Å². The van der Waals surface area contributed by atoms with Crippen molar-refractivity contribution in [1.82, 2.24) is 5.01 Å². The molecule has 1 saturated heterocycles. The SMILES string of the molecule is C(=N\N1CCOCC1)/c1c2ccccc2cc2ccccc12. The molecule has 110 valence electrons. The van der Waals surface area contributed by atoms with E-state index in [1.165, 1.54) is 27.1 Å². The van der Waals surface area contributed by atoms with Crippen molar-refractivity contribution in [2.24, 2.45) is 5.10 Å². The molecule has 1 heterocycles. The van der Waals surface area contributed by atoms with E-state index in [1.807, 2.05) is 6.21 Å². The highest BCUT2D eigenvalue weighted by molar-refractivity contribution is 6.13. The minimum atomic E-state index is 0.758. The van der Waals surface area contributed by atoms with Crippen LogP contribution in [0.5, 0.6) is 0 Å². The smallest absolute Gasteiger partial charge is 0.0659 e. The first-order valence-corrected chi connectivity index (χ1v) is 7.69. The van der Waals surface area contributed by atoms with Gasteiger partial charge in [-0.3, -0.25) is 5.01 Å². The van der Waals surface area contributed by atoms with E-state index in [4.69, 9.17) is 4.74 Å². The van der Waals surface area contributed by atoms with Crippen molar-refractivity contribution in [3.05, 3.63) is 60.2 Å². The van der Waals surface area contributed by atoms with Crippen molar-refractivity contribution < 1.29 is 4.74 Å². The number of benzene rings is 3. The van der Waals surface area contributed by atoms with Gasteiger partial charge in [0.25, 0.3) is 0 Å². The van der Waals surface area contributed by atoms with Crippen LogP contribution in [0.4, 0.5) is 0 Å². The number of hydrogen-bond acceptors (Lipinski definition) is 3. The number of rotatable bonds is 2. The zero-order chi connectivity index (χ0) is 14.8. The van der Waals surface area contributed by atoms with E-state index >= 15 is 0 Å². The van der Waals surface area contributed by atoms with Crippen LogP contribution in [0.3, 0.4) is 0 Å². The van der Waals surface area contributed by atoms with Gasteiger partial charge in [-0.25, -0.2) is 0 Å². The molecule has 3 heteroatoms. The second kappa shape index (κ2) is 5.78. The Bertz CT molecular complexity index is 781. The van der Waals surface area contributed by atoms with Crippen molar-refractivity contribution in [2.45, 2.75) is 0 Å². The Labute approximate surface area is 129 Å². The maximum Gasteiger partial charge on any atom is 0.0659 e. The van der Waals surface area contributed by atoms with Gasteiger partial charge in [0.05, 0.1) is 32.5 Å². The van der Waals surface area contributed by atoms with Gasteiger partial charge in [0, 0.05) is 5.56 Å². The molecule has 3 aromatic rings. The number of hydrazone groups is 1. The molecular formula is C19H18N2O. The van der Waals surface area contributed by atoms with E-state index in [2.05, 4.69) is 64.7 Å². The third-order valence-electron chi connectivity index (χ3n) is 4.15. The lowest BCUT2D eigenvalue weighted by Gasteiger charge is -2.23. The first-order valence-electron chi connectivity index (χ1n) is 7.69. The first-order chi connectivity index (χ1) is 10.9. The summed E-state index contributed by atoms with van der Waals surface area (Å²) in [7, 11) is 0. The van der Waals surface area contributed by atoms with Crippen LogP contribution in [0.2, 0.25) is 0 Å². The summed E-state index contributed by atoms with van der Waals surface area (Å²) in [5.74, 6) is 0. The quantitative estimate of drug-likeness (QED) is 0.531. The lowest BCUT2D eigenvalue weighted by Crippen LogP contribution is -2.32. The molecule has 0 N–H and O–H groups in total. The summed E-state index contributed by atoms with van der Waals surface area (Å²) >= 11 is 0. The molecule has 4 rings (SSSR count). The maximum absolute atomic E-state index is 5.38. The standard InChI is InChI=1S/C19H18N2O/c1-3-7-17-15(5-1)13-16-6-2-4-8-18(16)19(17)14-20-21-9-11-22-12-10-21/h1-8,13-14H,9-12H2/b20-14+. The molecule has 3 nitrogen and oxygen atoms in total. The van der Waals surface area contributed by atoms with Crippen molar-refractivity contribution in [2.75, 3.05) is 26.3 Å². The molecular weight excluding hydrogens is 272 g/mol. The fourth-order valence-corrected chi connectivity index (χ4v) is 3.00. The lowest BCUT2D eigenvalue weighted by atomic mass is 9.97. The number of fused-ring (bicyclic) bond motifs is 2. The van der Waals surface area contributed by atoms with Crippen LogP contribution in [0, 0.1) is 0 Å². The van der Waals surface area contributed by atoms with Crippen LogP contribution in [0.25, 0.3) is 21.5 Å². The van der Waals surface area contributed by atoms with Crippen molar-refractivity contribution >= 4 is 27.8 Å². The molecule has 3 aromatic carbocycles. The largest absolute Gasteiger partial charge is 0.378 e. The Morgan fingerprint density at radius 1 is 0.864 bits per heavy atom. The lowest BCUT2D eigenvalue weighted by molar-refractivity contribution is 0.0397. The monoisotopic (exact) mass is 290 g/mol. The Morgan fingerprint density at radius 3 is 2.09 bits per heavy atom. The highest BCUT2D eigenvalue weighted by Crippen LogP contribution is 2.27. The molecule has 0 aromatic heterocycles. The van der Waals surface area contributed by atoms with E-state index in [1.54, 1.807) is 0 Å². The average molecular weight is 290 g/mol. The molecule has 22 heavy (non-hydrogen) atoms. The van der Waals surface area contributed by atoms with Crippen molar-refractivity contribution in [3.63, 3.8) is 0 Å². The molecule has 0 spiro atoms. The zero-order valence-electron chi connectivity index (χ0n) is 12.4. The number of nitrogens with zero attached hydrogens (tertiary/aromatic N) is 2. The summed E-state index contributed by atoms with van der Waals surface area (Å²) in [6.07, 6.45) is 2.01. The van der Waals surface area contributed by atoms with Gasteiger partial charge < -0.3 is 4.74 Å². The van der Waals surface area contributed by atoms with E-state index < -0.39 is 0 Å². The molecule has 1 aliphatic heterocycles. The topological polar surface area (TPSA) is 24.8 Å². The highest BCUT2D eigenvalue weighted by Gasteiger charge is 2.08. The minimum Gasteiger partial charge on any atom is -0.378 e. The summed E-state index contributed by atoms with van der Waals surface area (Å²) in [6, 6.07) is 19.2. The van der Waals surface area contributed by atoms with E-state index in [9.17, 15) is 0 Å². The normalized spacial score (nSPS) is 15.9. The van der Waals surface area contributed by atoms with Crippen LogP contribution in [0.15, 0.2) is 59.7 Å². The van der Waals surface area contributed by atoms with Crippen LogP contribution in [0.1, 0.15) is 5.56 Å².